The highest BCUT2D eigenvalue weighted by molar-refractivity contribution is 7.99. The Kier molecular flexibility index (Phi) is 3.48. The Morgan fingerprint density at radius 2 is 1.80 bits per heavy atom. The molecule has 0 amide bonds. The Hall–Kier alpha value is -1.46. The van der Waals surface area contributed by atoms with Crippen molar-refractivity contribution in [3.05, 3.63) is 54.1 Å². The van der Waals surface area contributed by atoms with E-state index in [1.165, 1.54) is 4.90 Å². The van der Waals surface area contributed by atoms with Gasteiger partial charge >= 0.3 is 0 Å². The number of thioether (sulfide) groups is 1. The minimum atomic E-state index is -3.27. The van der Waals surface area contributed by atoms with Gasteiger partial charge in [-0.05, 0) is 35.9 Å². The van der Waals surface area contributed by atoms with Crippen LogP contribution in [0.2, 0.25) is 0 Å². The average Bonchev–Trinajstić information content (AvgIpc) is 2.82. The Labute approximate surface area is 123 Å². The van der Waals surface area contributed by atoms with Gasteiger partial charge in [0.15, 0.2) is 9.84 Å². The van der Waals surface area contributed by atoms with Gasteiger partial charge in [-0.1, -0.05) is 18.2 Å². The lowest BCUT2D eigenvalue weighted by atomic mass is 10.0. The van der Waals surface area contributed by atoms with Crippen molar-refractivity contribution in [2.24, 2.45) is 0 Å². The van der Waals surface area contributed by atoms with E-state index in [1.54, 1.807) is 36.0 Å². The number of hydrogen-bond acceptors (Lipinski definition) is 4. The van der Waals surface area contributed by atoms with Crippen molar-refractivity contribution in [3.63, 3.8) is 0 Å². The second-order valence-electron chi connectivity index (χ2n) is 4.90. The highest BCUT2D eigenvalue weighted by Gasteiger charge is 2.28. The van der Waals surface area contributed by atoms with Crippen LogP contribution < -0.4 is 5.73 Å². The summed E-state index contributed by atoms with van der Waals surface area (Å²) in [7, 11) is -3.27. The Morgan fingerprint density at radius 1 is 1.10 bits per heavy atom. The zero-order valence-corrected chi connectivity index (χ0v) is 12.5. The van der Waals surface area contributed by atoms with Crippen LogP contribution in [-0.4, -0.2) is 19.9 Å². The van der Waals surface area contributed by atoms with Gasteiger partial charge in [-0.2, -0.15) is 0 Å². The molecule has 0 saturated heterocycles. The Bertz CT molecular complexity index is 724. The predicted octanol–water partition coefficient (Wildman–Crippen LogP) is 2.93. The first-order valence-corrected chi connectivity index (χ1v) is 9.00. The molecule has 0 spiro atoms. The van der Waals surface area contributed by atoms with Crippen LogP contribution in [0.3, 0.4) is 0 Å². The zero-order chi connectivity index (χ0) is 14.2. The average molecular weight is 305 g/mol. The second kappa shape index (κ2) is 5.14. The fourth-order valence-corrected chi connectivity index (χ4v) is 5.38. The summed E-state index contributed by atoms with van der Waals surface area (Å²) in [6.45, 7) is 0. The number of anilines is 1. The van der Waals surface area contributed by atoms with Crippen molar-refractivity contribution < 1.29 is 8.42 Å². The molecular weight excluding hydrogens is 290 g/mol. The smallest absolute Gasteiger partial charge is 0.179 e. The van der Waals surface area contributed by atoms with E-state index >= 15 is 0 Å². The maximum Gasteiger partial charge on any atom is 0.179 e. The van der Waals surface area contributed by atoms with Gasteiger partial charge in [0.25, 0.3) is 0 Å². The number of rotatable bonds is 3. The lowest BCUT2D eigenvalue weighted by Crippen LogP contribution is -2.15. The summed E-state index contributed by atoms with van der Waals surface area (Å²) in [6, 6.07) is 14.5. The minimum absolute atomic E-state index is 0.0683. The van der Waals surface area contributed by atoms with E-state index < -0.39 is 9.84 Å². The molecule has 20 heavy (non-hydrogen) atoms. The molecule has 1 aliphatic heterocycles. The summed E-state index contributed by atoms with van der Waals surface area (Å²) >= 11 is 1.73. The predicted molar refractivity (Wildman–Crippen MR) is 82.8 cm³/mol. The van der Waals surface area contributed by atoms with Crippen molar-refractivity contribution >= 4 is 27.3 Å². The van der Waals surface area contributed by atoms with Gasteiger partial charge < -0.3 is 5.73 Å². The molecule has 0 radical (unpaired) electrons. The highest BCUT2D eigenvalue weighted by atomic mass is 32.2. The number of hydrogen-bond donors (Lipinski definition) is 1. The largest absolute Gasteiger partial charge is 0.399 e. The van der Waals surface area contributed by atoms with Gasteiger partial charge in [0, 0.05) is 22.3 Å². The Balaban J connectivity index is 1.86. The van der Waals surface area contributed by atoms with Crippen LogP contribution in [0.25, 0.3) is 0 Å². The lowest BCUT2D eigenvalue weighted by Gasteiger charge is -2.11. The molecule has 0 aromatic heterocycles. The van der Waals surface area contributed by atoms with Crippen LogP contribution in [0.15, 0.2) is 58.3 Å². The van der Waals surface area contributed by atoms with E-state index in [4.69, 9.17) is 5.73 Å². The molecule has 0 saturated carbocycles. The highest BCUT2D eigenvalue weighted by Crippen LogP contribution is 2.40. The Morgan fingerprint density at radius 3 is 2.55 bits per heavy atom. The summed E-state index contributed by atoms with van der Waals surface area (Å²) in [5.74, 6) is 1.05. The van der Waals surface area contributed by atoms with Gasteiger partial charge in [0.1, 0.15) is 0 Å². The summed E-state index contributed by atoms with van der Waals surface area (Å²) < 4.78 is 24.9. The molecule has 2 N–H and O–H groups in total. The summed E-state index contributed by atoms with van der Waals surface area (Å²) in [5, 5.41) is 0. The summed E-state index contributed by atoms with van der Waals surface area (Å²) in [6.07, 6.45) is 0. The first-order chi connectivity index (χ1) is 9.56. The van der Waals surface area contributed by atoms with Gasteiger partial charge in [0.05, 0.1) is 10.6 Å². The first-order valence-electron chi connectivity index (χ1n) is 6.36. The van der Waals surface area contributed by atoms with E-state index in [0.29, 0.717) is 10.6 Å². The van der Waals surface area contributed by atoms with Crippen molar-refractivity contribution in [1.82, 2.24) is 0 Å². The third-order valence-electron chi connectivity index (χ3n) is 3.46. The fourth-order valence-electron chi connectivity index (χ4n) is 2.40. The molecule has 1 unspecified atom stereocenters. The molecule has 1 heterocycles. The van der Waals surface area contributed by atoms with Crippen molar-refractivity contribution in [1.29, 1.82) is 0 Å². The number of nitrogens with two attached hydrogens (primary N) is 1. The second-order valence-corrected chi connectivity index (χ2v) is 7.99. The number of nitrogen functional groups attached to an aromatic ring is 1. The number of benzene rings is 2. The third kappa shape index (κ3) is 2.55. The molecule has 0 fully saturated rings. The topological polar surface area (TPSA) is 60.2 Å². The van der Waals surface area contributed by atoms with Crippen LogP contribution in [0.4, 0.5) is 5.69 Å². The molecule has 0 aliphatic carbocycles. The molecular formula is C15H15NO2S2. The lowest BCUT2D eigenvalue weighted by molar-refractivity contribution is 0.591. The molecule has 2 aromatic rings. The van der Waals surface area contributed by atoms with E-state index in [1.807, 2.05) is 18.2 Å². The van der Waals surface area contributed by atoms with Crippen LogP contribution in [0.1, 0.15) is 11.5 Å². The number of fused-ring (bicyclic) bond motifs is 1. The van der Waals surface area contributed by atoms with Crippen molar-refractivity contribution in [2.75, 3.05) is 17.2 Å². The van der Waals surface area contributed by atoms with Crippen LogP contribution in [0, 0.1) is 0 Å². The molecule has 5 heteroatoms. The van der Waals surface area contributed by atoms with E-state index in [9.17, 15) is 8.42 Å². The molecule has 3 rings (SSSR count). The summed E-state index contributed by atoms with van der Waals surface area (Å²) in [4.78, 5) is 1.55. The van der Waals surface area contributed by atoms with Gasteiger partial charge in [0.2, 0.25) is 0 Å². The van der Waals surface area contributed by atoms with E-state index in [-0.39, 0.29) is 11.7 Å². The van der Waals surface area contributed by atoms with Crippen molar-refractivity contribution in [3.8, 4) is 0 Å². The molecule has 0 bridgehead atoms. The van der Waals surface area contributed by atoms with Crippen LogP contribution in [0.5, 0.6) is 0 Å². The van der Waals surface area contributed by atoms with E-state index in [0.717, 1.165) is 11.3 Å². The maximum atomic E-state index is 12.5. The van der Waals surface area contributed by atoms with Crippen molar-refractivity contribution in [2.45, 2.75) is 15.7 Å². The number of sulfone groups is 1. The summed E-state index contributed by atoms with van der Waals surface area (Å²) in [5.41, 5.74) is 7.32. The fraction of sp³-hybridized carbons (Fsp3) is 0.200. The first kappa shape index (κ1) is 13.5. The molecule has 1 aliphatic rings. The normalized spacial score (nSPS) is 17.9. The van der Waals surface area contributed by atoms with Gasteiger partial charge in [-0.25, -0.2) is 8.42 Å². The molecule has 3 nitrogen and oxygen atoms in total. The monoisotopic (exact) mass is 305 g/mol. The van der Waals surface area contributed by atoms with E-state index in [2.05, 4.69) is 6.07 Å². The van der Waals surface area contributed by atoms with Gasteiger partial charge in [-0.3, -0.25) is 0 Å². The van der Waals surface area contributed by atoms with Crippen LogP contribution in [-0.2, 0) is 9.84 Å². The third-order valence-corrected chi connectivity index (χ3v) is 6.54. The minimum Gasteiger partial charge on any atom is -0.399 e. The maximum absolute atomic E-state index is 12.5. The standard InChI is InChI=1S/C15H15NO2S2/c16-12-5-7-13(8-6-12)20(17,18)10-11-9-19-15-4-2-1-3-14(11)15/h1-8,11H,9-10,16H2. The van der Waals surface area contributed by atoms with Crippen LogP contribution >= 0.6 is 11.8 Å². The SMILES string of the molecule is Nc1ccc(S(=O)(=O)CC2CSc3ccccc32)cc1. The van der Waals surface area contributed by atoms with Gasteiger partial charge in [-0.15, -0.1) is 11.8 Å². The molecule has 2 aromatic carbocycles. The zero-order valence-electron chi connectivity index (χ0n) is 10.8. The molecule has 104 valence electrons. The molecule has 1 atom stereocenters. The quantitative estimate of drug-likeness (QED) is 0.886.